The first-order valence-electron chi connectivity index (χ1n) is 16.4. The highest BCUT2D eigenvalue weighted by Gasteiger charge is 2.38. The molecule has 1 aliphatic heterocycles. The maximum Gasteiger partial charge on any atom is 0.415 e. The Bertz CT molecular complexity index is 1560. The molecule has 3 aromatic carbocycles. The standard InChI is InChI=1S/C37H52N6O5/c1-37(2)35(44)42(7)34-31(25-38-26-13-10-14-27(23-26)46-8)29(17-18-32(34)39-37)30-16-15-28(24-33(30)47-9)48-36(45)43(21-11-19-40(3)4)22-12-20-41(5)6/h10,13-18,23-24,38-39H,11-12,19-22,25H2,1-9H3. The second-order valence-corrected chi connectivity index (χ2v) is 13.2. The molecule has 48 heavy (non-hydrogen) atoms. The summed E-state index contributed by atoms with van der Waals surface area (Å²) in [6.45, 7) is 7.15. The first kappa shape index (κ1) is 36.4. The highest BCUT2D eigenvalue weighted by molar-refractivity contribution is 6.09. The second kappa shape index (κ2) is 16.1. The van der Waals surface area contributed by atoms with E-state index < -0.39 is 5.54 Å². The van der Waals surface area contributed by atoms with Gasteiger partial charge < -0.3 is 44.4 Å². The number of fused-ring (bicyclic) bond motifs is 1. The molecule has 0 atom stereocenters. The molecule has 260 valence electrons. The van der Waals surface area contributed by atoms with Crippen LogP contribution in [0.1, 0.15) is 32.3 Å². The fraction of sp³-hybridized carbons (Fsp3) is 0.459. The first-order chi connectivity index (χ1) is 22.8. The monoisotopic (exact) mass is 660 g/mol. The fourth-order valence-electron chi connectivity index (χ4n) is 5.96. The van der Waals surface area contributed by atoms with Crippen molar-refractivity contribution >= 4 is 29.1 Å². The number of likely N-dealkylation sites (N-methyl/N-ethyl adjacent to an activating group) is 1. The van der Waals surface area contributed by atoms with Crippen molar-refractivity contribution in [3.8, 4) is 28.4 Å². The van der Waals surface area contributed by atoms with E-state index in [2.05, 4.69) is 20.4 Å². The summed E-state index contributed by atoms with van der Waals surface area (Å²) in [4.78, 5) is 34.5. The van der Waals surface area contributed by atoms with Crippen LogP contribution in [0.4, 0.5) is 21.9 Å². The number of anilines is 3. The molecule has 1 aliphatic rings. The summed E-state index contributed by atoms with van der Waals surface area (Å²) in [5.74, 6) is 1.65. The van der Waals surface area contributed by atoms with Gasteiger partial charge in [-0.05, 0) is 104 Å². The molecule has 0 saturated carbocycles. The number of nitrogens with zero attached hydrogens (tertiary/aromatic N) is 4. The van der Waals surface area contributed by atoms with Crippen LogP contribution in [-0.2, 0) is 11.3 Å². The minimum Gasteiger partial charge on any atom is -0.497 e. The molecular weight excluding hydrogens is 608 g/mol. The number of carbonyl (C=O) groups excluding carboxylic acids is 2. The van der Waals surface area contributed by atoms with Crippen LogP contribution in [0, 0.1) is 0 Å². The van der Waals surface area contributed by atoms with Gasteiger partial charge in [-0.15, -0.1) is 0 Å². The van der Waals surface area contributed by atoms with E-state index in [4.69, 9.17) is 14.2 Å². The molecule has 0 bridgehead atoms. The van der Waals surface area contributed by atoms with Crippen LogP contribution >= 0.6 is 0 Å². The molecule has 0 unspecified atom stereocenters. The Morgan fingerprint density at radius 3 is 2.15 bits per heavy atom. The Balaban J connectivity index is 1.67. The van der Waals surface area contributed by atoms with E-state index in [9.17, 15) is 9.59 Å². The summed E-state index contributed by atoms with van der Waals surface area (Å²) in [6, 6.07) is 17.2. The van der Waals surface area contributed by atoms with E-state index in [1.807, 2.05) is 91.6 Å². The summed E-state index contributed by atoms with van der Waals surface area (Å²) < 4.78 is 17.2. The minimum atomic E-state index is -0.753. The number of rotatable bonds is 15. The average molecular weight is 661 g/mol. The van der Waals surface area contributed by atoms with Crippen molar-refractivity contribution in [2.75, 3.05) is 91.2 Å². The van der Waals surface area contributed by atoms with Gasteiger partial charge in [0.25, 0.3) is 5.91 Å². The largest absolute Gasteiger partial charge is 0.497 e. The molecule has 1 heterocycles. The summed E-state index contributed by atoms with van der Waals surface area (Å²) in [6.07, 6.45) is 1.31. The third kappa shape index (κ3) is 8.90. The number of hydrogen-bond donors (Lipinski definition) is 2. The van der Waals surface area contributed by atoms with E-state index in [1.165, 1.54) is 0 Å². The summed E-state index contributed by atoms with van der Waals surface area (Å²) in [5.41, 5.74) is 4.38. The molecule has 0 saturated heterocycles. The van der Waals surface area contributed by atoms with Crippen LogP contribution in [0.2, 0.25) is 0 Å². The van der Waals surface area contributed by atoms with Gasteiger partial charge in [0.15, 0.2) is 0 Å². The number of methoxy groups -OCH3 is 2. The van der Waals surface area contributed by atoms with Crippen molar-refractivity contribution < 1.29 is 23.8 Å². The van der Waals surface area contributed by atoms with Crippen molar-refractivity contribution in [3.05, 3.63) is 60.2 Å². The molecule has 11 heteroatoms. The third-order valence-electron chi connectivity index (χ3n) is 8.44. The molecule has 0 radical (unpaired) electrons. The number of benzene rings is 3. The molecular formula is C37H52N6O5. The fourth-order valence-corrected chi connectivity index (χ4v) is 5.96. The average Bonchev–Trinajstić information content (AvgIpc) is 3.05. The van der Waals surface area contributed by atoms with Crippen LogP contribution in [0.3, 0.4) is 0 Å². The molecule has 2 amide bonds. The highest BCUT2D eigenvalue weighted by atomic mass is 16.6. The summed E-state index contributed by atoms with van der Waals surface area (Å²) in [5, 5.41) is 6.94. The number of amides is 2. The van der Waals surface area contributed by atoms with Gasteiger partial charge in [0, 0.05) is 55.6 Å². The number of hydrogen-bond acceptors (Lipinski definition) is 9. The normalized spacial score (nSPS) is 13.6. The van der Waals surface area contributed by atoms with E-state index >= 15 is 0 Å². The number of carbonyl (C=O) groups is 2. The van der Waals surface area contributed by atoms with Crippen molar-refractivity contribution in [1.29, 1.82) is 0 Å². The van der Waals surface area contributed by atoms with Gasteiger partial charge in [-0.25, -0.2) is 4.79 Å². The number of ether oxygens (including phenoxy) is 3. The lowest BCUT2D eigenvalue weighted by Gasteiger charge is -2.40. The maximum atomic E-state index is 13.4. The molecule has 0 aliphatic carbocycles. The van der Waals surface area contributed by atoms with Gasteiger partial charge in [0.1, 0.15) is 22.8 Å². The van der Waals surface area contributed by atoms with Gasteiger partial charge >= 0.3 is 6.09 Å². The van der Waals surface area contributed by atoms with Crippen LogP contribution in [0.15, 0.2) is 54.6 Å². The third-order valence-corrected chi connectivity index (χ3v) is 8.44. The molecule has 0 spiro atoms. The van der Waals surface area contributed by atoms with Crippen molar-refractivity contribution in [2.45, 2.75) is 38.8 Å². The van der Waals surface area contributed by atoms with Crippen LogP contribution < -0.4 is 29.7 Å². The van der Waals surface area contributed by atoms with Gasteiger partial charge in [0.05, 0.1) is 25.6 Å². The Hall–Kier alpha value is -4.48. The second-order valence-electron chi connectivity index (χ2n) is 13.2. The van der Waals surface area contributed by atoms with E-state index in [-0.39, 0.29) is 12.0 Å². The minimum absolute atomic E-state index is 0.0373. The Kier molecular flexibility index (Phi) is 12.2. The van der Waals surface area contributed by atoms with Gasteiger partial charge in [0.2, 0.25) is 0 Å². The van der Waals surface area contributed by atoms with E-state index in [0.29, 0.717) is 31.1 Å². The summed E-state index contributed by atoms with van der Waals surface area (Å²) >= 11 is 0. The quantitative estimate of drug-likeness (QED) is 0.208. The number of nitrogens with one attached hydrogen (secondary N) is 2. The highest BCUT2D eigenvalue weighted by Crippen LogP contribution is 2.45. The van der Waals surface area contributed by atoms with Crippen LogP contribution in [-0.4, -0.2) is 108 Å². The van der Waals surface area contributed by atoms with Crippen molar-refractivity contribution in [3.63, 3.8) is 0 Å². The van der Waals surface area contributed by atoms with Gasteiger partial charge in [-0.2, -0.15) is 0 Å². The van der Waals surface area contributed by atoms with Crippen LogP contribution in [0.5, 0.6) is 17.2 Å². The van der Waals surface area contributed by atoms with Gasteiger partial charge in [-0.1, -0.05) is 12.1 Å². The predicted molar refractivity (Wildman–Crippen MR) is 194 cm³/mol. The smallest absolute Gasteiger partial charge is 0.415 e. The van der Waals surface area contributed by atoms with E-state index in [1.54, 1.807) is 36.2 Å². The zero-order valence-electron chi connectivity index (χ0n) is 30.0. The molecule has 0 fully saturated rings. The Morgan fingerprint density at radius 2 is 1.52 bits per heavy atom. The van der Waals surface area contributed by atoms with Crippen LogP contribution in [0.25, 0.3) is 11.1 Å². The molecule has 2 N–H and O–H groups in total. The molecule has 0 aromatic heterocycles. The van der Waals surface area contributed by atoms with Crippen molar-refractivity contribution in [1.82, 2.24) is 14.7 Å². The zero-order chi connectivity index (χ0) is 35.0. The predicted octanol–water partition coefficient (Wildman–Crippen LogP) is 5.85. The Labute approximate surface area is 285 Å². The molecule has 3 aromatic rings. The van der Waals surface area contributed by atoms with Crippen molar-refractivity contribution in [2.24, 2.45) is 0 Å². The van der Waals surface area contributed by atoms with Gasteiger partial charge in [-0.3, -0.25) is 4.79 Å². The van der Waals surface area contributed by atoms with E-state index in [0.717, 1.165) is 65.4 Å². The molecule has 4 rings (SSSR count). The zero-order valence-corrected chi connectivity index (χ0v) is 30.0. The Morgan fingerprint density at radius 1 is 0.854 bits per heavy atom. The lowest BCUT2D eigenvalue weighted by atomic mass is 9.91. The first-order valence-corrected chi connectivity index (χ1v) is 16.4. The topological polar surface area (TPSA) is 98.8 Å². The lowest BCUT2D eigenvalue weighted by molar-refractivity contribution is -0.121. The molecule has 11 nitrogen and oxygen atoms in total. The summed E-state index contributed by atoms with van der Waals surface area (Å²) in [7, 11) is 13.2. The maximum absolute atomic E-state index is 13.4. The SMILES string of the molecule is COc1cccc(NCc2c(-c3ccc(OC(=O)N(CCCN(C)C)CCCN(C)C)cc3OC)ccc3c2N(C)C(=O)C(C)(C)N3)c1. The lowest BCUT2D eigenvalue weighted by Crippen LogP contribution is -2.52.